The maximum Gasteiger partial charge on any atom is 0.341 e. The lowest BCUT2D eigenvalue weighted by molar-refractivity contribution is -0.167. The second-order valence-electron chi connectivity index (χ2n) is 12.1. The number of esters is 8. The molecule has 0 bridgehead atoms. The van der Waals surface area contributed by atoms with E-state index in [0.717, 1.165) is 39.8 Å². The van der Waals surface area contributed by atoms with Crippen molar-refractivity contribution >= 4 is 58.7 Å². The molecule has 1 N–H and O–H groups in total. The number of phenolic OH excluding ortho intramolecular Hbond substituents is 1. The maximum atomic E-state index is 13.7. The minimum absolute atomic E-state index is 0.00789. The summed E-state index contributed by atoms with van der Waals surface area (Å²) in [4.78, 5) is 109. The maximum absolute atomic E-state index is 13.7. The lowest BCUT2D eigenvalue weighted by Gasteiger charge is -2.20. The van der Waals surface area contributed by atoms with Crippen molar-refractivity contribution < 1.29 is 85.8 Å². The highest BCUT2D eigenvalue weighted by atomic mass is 16.7. The first-order valence-electron chi connectivity index (χ1n) is 17.1. The van der Waals surface area contributed by atoms with Gasteiger partial charge in [-0.25, -0.2) is 9.59 Å². The first-order chi connectivity index (χ1) is 27.5. The van der Waals surface area contributed by atoms with Crippen LogP contribution in [0.15, 0.2) is 51.7 Å². The normalized spacial score (nSPS) is 10.6. The number of carbonyl (C=O) groups excluding carboxylic acids is 8. The molecule has 2 aromatic carbocycles. The topological polar surface area (TPSA) is 261 Å². The van der Waals surface area contributed by atoms with Crippen molar-refractivity contribution in [1.29, 1.82) is 0 Å². The smallest absolute Gasteiger partial charge is 0.341 e. The Morgan fingerprint density at radius 1 is 0.569 bits per heavy atom. The Balaban J connectivity index is 1.92. The number of phenols is 1. The molecule has 2 aromatic rings. The van der Waals surface area contributed by atoms with Gasteiger partial charge in [-0.15, -0.1) is 0 Å². The predicted molar refractivity (Wildman–Crippen MR) is 192 cm³/mol. The van der Waals surface area contributed by atoms with Crippen LogP contribution in [-0.2, 0) is 79.5 Å². The lowest BCUT2D eigenvalue weighted by atomic mass is 9.88. The van der Waals surface area contributed by atoms with Crippen molar-refractivity contribution in [3.63, 3.8) is 0 Å². The largest absolute Gasteiger partial charge is 0.508 e. The van der Waals surface area contributed by atoms with E-state index in [4.69, 9.17) is 28.1 Å². The molecule has 4 rings (SSSR count). The van der Waals surface area contributed by atoms with Crippen LogP contribution in [0.4, 0.5) is 0 Å². The zero-order chi connectivity index (χ0) is 42.5. The highest BCUT2D eigenvalue weighted by molar-refractivity contribution is 6.09. The third-order valence-corrected chi connectivity index (χ3v) is 7.91. The molecule has 1 aliphatic heterocycles. The summed E-state index contributed by atoms with van der Waals surface area (Å²) in [7, 11) is 0. The van der Waals surface area contributed by atoms with Gasteiger partial charge in [0.2, 0.25) is 27.2 Å². The summed E-state index contributed by atoms with van der Waals surface area (Å²) in [6, 6.07) is 8.92. The monoisotopic (exact) mass is 808 g/mol. The van der Waals surface area contributed by atoms with Gasteiger partial charge >= 0.3 is 47.8 Å². The summed E-state index contributed by atoms with van der Waals surface area (Å²) in [5.41, 5.74) is -0.377. The highest BCUT2D eigenvalue weighted by Crippen LogP contribution is 2.44. The zero-order valence-electron chi connectivity index (χ0n) is 31.5. The third-order valence-electron chi connectivity index (χ3n) is 7.91. The predicted octanol–water partition coefficient (Wildman–Crippen LogP) is 3.62. The van der Waals surface area contributed by atoms with Crippen LogP contribution in [0.5, 0.6) is 5.75 Å². The van der Waals surface area contributed by atoms with E-state index in [1.165, 1.54) is 30.3 Å². The average Bonchev–Trinajstić information content (AvgIpc) is 3.14. The molecule has 0 unspecified atom stereocenters. The van der Waals surface area contributed by atoms with Crippen LogP contribution in [0.1, 0.15) is 72.4 Å². The molecule has 0 saturated heterocycles. The van der Waals surface area contributed by atoms with Crippen LogP contribution in [0.25, 0.3) is 33.4 Å². The fourth-order valence-electron chi connectivity index (χ4n) is 5.25. The summed E-state index contributed by atoms with van der Waals surface area (Å²) in [6.07, 6.45) is -0.865. The van der Waals surface area contributed by atoms with Crippen molar-refractivity contribution in [3.05, 3.63) is 74.9 Å². The number of hydrogen-bond donors (Lipinski definition) is 1. The van der Waals surface area contributed by atoms with E-state index in [0.29, 0.717) is 0 Å². The Hall–Kier alpha value is -7.31. The Morgan fingerprint density at radius 2 is 1.09 bits per heavy atom. The first-order valence-corrected chi connectivity index (χ1v) is 17.1. The standard InChI is InChI=1S/C39H36O19/c1-20(40)50-16-54-35(46)9-6-24-11-29-33(14-31(24)44)58-34-15-32(45)25(7-10-36(47)55-17-51-21(2)41)12-30(34)37(29)27-8-5-26(38(48)56-18-52-22(3)42)13-28(27)39(49)57-19-53-23(4)43/h5,8,11-15,44H,6-7,9-10,16-19H2,1-4H3. The zero-order valence-corrected chi connectivity index (χ0v) is 31.5. The van der Waals surface area contributed by atoms with Crippen molar-refractivity contribution in [3.8, 4) is 28.2 Å². The third kappa shape index (κ3) is 12.1. The number of hydrogen-bond acceptors (Lipinski definition) is 19. The van der Waals surface area contributed by atoms with E-state index in [2.05, 4.69) is 14.2 Å². The number of rotatable bonds is 17. The van der Waals surface area contributed by atoms with Crippen LogP contribution in [0, 0.1) is 0 Å². The summed E-state index contributed by atoms with van der Waals surface area (Å²) in [6.45, 7) is 1.63. The Morgan fingerprint density at radius 3 is 1.64 bits per heavy atom. The number of aryl methyl sites for hydroxylation is 2. The molecule has 0 aromatic heterocycles. The van der Waals surface area contributed by atoms with Gasteiger partial charge in [-0.1, -0.05) is 6.07 Å². The van der Waals surface area contributed by atoms with Crippen LogP contribution in [0.2, 0.25) is 0 Å². The van der Waals surface area contributed by atoms with Crippen LogP contribution >= 0.6 is 0 Å². The van der Waals surface area contributed by atoms with E-state index in [1.54, 1.807) is 0 Å². The van der Waals surface area contributed by atoms with Crippen LogP contribution in [-0.4, -0.2) is 80.0 Å². The molecule has 0 atom stereocenters. The Kier molecular flexibility index (Phi) is 15.0. The second kappa shape index (κ2) is 20.0. The number of carbonyl (C=O) groups is 8. The van der Waals surface area contributed by atoms with Gasteiger partial charge in [0.1, 0.15) is 17.1 Å². The van der Waals surface area contributed by atoms with Crippen LogP contribution in [0.3, 0.4) is 0 Å². The van der Waals surface area contributed by atoms with Crippen molar-refractivity contribution in [2.45, 2.75) is 53.4 Å². The molecule has 19 nitrogen and oxygen atoms in total. The molecular formula is C39H36O19. The van der Waals surface area contributed by atoms with Gasteiger partial charge in [0.15, 0.2) is 5.43 Å². The fraction of sp³-hybridized carbons (Fsp3) is 0.308. The van der Waals surface area contributed by atoms with E-state index >= 15 is 0 Å². The molecular weight excluding hydrogens is 772 g/mol. The summed E-state index contributed by atoms with van der Waals surface area (Å²) in [5, 5.41) is 11.2. The summed E-state index contributed by atoms with van der Waals surface area (Å²) in [5.74, 6) is -6.87. The minimum atomic E-state index is -1.10. The minimum Gasteiger partial charge on any atom is -0.508 e. The van der Waals surface area contributed by atoms with Gasteiger partial charge in [-0.2, -0.15) is 0 Å². The lowest BCUT2D eigenvalue weighted by Crippen LogP contribution is -2.16. The van der Waals surface area contributed by atoms with Gasteiger partial charge in [0.05, 0.1) is 11.1 Å². The molecule has 0 spiro atoms. The molecule has 58 heavy (non-hydrogen) atoms. The SMILES string of the molecule is CC(=O)OCOC(=O)CCc1cc2c(-c3ccc(C(=O)OCOC(C)=O)cc3C(=O)OCOC(C)=O)c3cc(CCC(=O)OCOC(C)=O)c(=O)cc-3oc2cc1O. The van der Waals surface area contributed by atoms with E-state index in [9.17, 15) is 48.3 Å². The molecule has 1 aliphatic carbocycles. The molecule has 306 valence electrons. The van der Waals surface area contributed by atoms with Gasteiger partial charge in [0, 0.05) is 74.7 Å². The Bertz CT molecular complexity index is 2280. The average molecular weight is 809 g/mol. The van der Waals surface area contributed by atoms with Crippen LogP contribution < -0.4 is 5.43 Å². The van der Waals surface area contributed by atoms with Gasteiger partial charge < -0.3 is 47.4 Å². The quantitative estimate of drug-likeness (QED) is 0.0691. The molecule has 0 saturated carbocycles. The Labute approximate surface area is 327 Å². The summed E-state index contributed by atoms with van der Waals surface area (Å²) < 4.78 is 44.7. The fourth-order valence-corrected chi connectivity index (χ4v) is 5.25. The second-order valence-corrected chi connectivity index (χ2v) is 12.1. The van der Waals surface area contributed by atoms with E-state index in [1.807, 2.05) is 0 Å². The van der Waals surface area contributed by atoms with E-state index < -0.39 is 80.4 Å². The van der Waals surface area contributed by atoms with Gasteiger partial charge in [-0.05, 0) is 48.2 Å². The number of aromatic hydroxyl groups is 1. The van der Waals surface area contributed by atoms with Crippen molar-refractivity contribution in [2.75, 3.05) is 27.2 Å². The highest BCUT2D eigenvalue weighted by Gasteiger charge is 2.27. The van der Waals surface area contributed by atoms with Crippen molar-refractivity contribution in [1.82, 2.24) is 0 Å². The molecule has 0 fully saturated rings. The van der Waals surface area contributed by atoms with Gasteiger partial charge in [0.25, 0.3) is 0 Å². The molecule has 2 aliphatic rings. The molecule has 19 heteroatoms. The van der Waals surface area contributed by atoms with Crippen molar-refractivity contribution in [2.24, 2.45) is 0 Å². The van der Waals surface area contributed by atoms with E-state index in [-0.39, 0.29) is 87.1 Å². The number of benzene rings is 3. The molecule has 1 heterocycles. The molecule has 0 radical (unpaired) electrons. The number of fused-ring (bicyclic) bond motifs is 2. The first kappa shape index (κ1) is 43.4. The van der Waals surface area contributed by atoms with Gasteiger partial charge in [-0.3, -0.25) is 33.6 Å². The number of ether oxygens (including phenoxy) is 8. The molecule has 0 amide bonds. The summed E-state index contributed by atoms with van der Waals surface area (Å²) >= 11 is 0.